The molecule has 0 heterocycles. The molecule has 80 valence electrons. The van der Waals surface area contributed by atoms with Crippen molar-refractivity contribution in [3.05, 3.63) is 12.7 Å². The fourth-order valence-electron chi connectivity index (χ4n) is 1.42. The van der Waals surface area contributed by atoms with Crippen LogP contribution >= 0.6 is 0 Å². The Balaban J connectivity index is 1.84. The average Bonchev–Trinajstić information content (AvgIpc) is 2.98. The van der Waals surface area contributed by atoms with Gasteiger partial charge in [0.2, 0.25) is 0 Å². The van der Waals surface area contributed by atoms with Gasteiger partial charge in [0.25, 0.3) is 0 Å². The highest BCUT2D eigenvalue weighted by Crippen LogP contribution is 2.18. The molecule has 0 radical (unpaired) electrons. The standard InChI is InChI=1S/C12H21NO/c1-2-3-4-5-6-7-12(14)10-13-11-8-9-11/h2,11,13H,1,3-10H2. The minimum absolute atomic E-state index is 0.371. The monoisotopic (exact) mass is 195 g/mol. The zero-order chi connectivity index (χ0) is 10.2. The summed E-state index contributed by atoms with van der Waals surface area (Å²) >= 11 is 0. The summed E-state index contributed by atoms with van der Waals surface area (Å²) < 4.78 is 0. The second kappa shape index (κ2) is 6.77. The molecule has 0 amide bonds. The van der Waals surface area contributed by atoms with Crippen LogP contribution in [-0.2, 0) is 4.79 Å². The maximum atomic E-state index is 11.3. The number of rotatable bonds is 9. The predicted octanol–water partition coefficient (Wildman–Crippen LogP) is 2.44. The highest BCUT2D eigenvalue weighted by molar-refractivity contribution is 5.80. The maximum absolute atomic E-state index is 11.3. The molecule has 0 aromatic rings. The van der Waals surface area contributed by atoms with Crippen LogP contribution in [0.3, 0.4) is 0 Å². The first-order valence-corrected chi connectivity index (χ1v) is 5.69. The molecule has 0 aromatic carbocycles. The van der Waals surface area contributed by atoms with E-state index in [9.17, 15) is 4.79 Å². The van der Waals surface area contributed by atoms with Crippen LogP contribution in [0.25, 0.3) is 0 Å². The van der Waals surface area contributed by atoms with E-state index in [1.54, 1.807) is 0 Å². The van der Waals surface area contributed by atoms with E-state index in [1.807, 2.05) is 6.08 Å². The minimum Gasteiger partial charge on any atom is -0.307 e. The highest BCUT2D eigenvalue weighted by Gasteiger charge is 2.20. The van der Waals surface area contributed by atoms with E-state index < -0.39 is 0 Å². The zero-order valence-electron chi connectivity index (χ0n) is 8.93. The molecule has 2 nitrogen and oxygen atoms in total. The number of Topliss-reactive ketones (excluding diaryl/α,β-unsaturated/α-hetero) is 1. The summed E-state index contributed by atoms with van der Waals surface area (Å²) in [5.74, 6) is 0.371. The fourth-order valence-corrected chi connectivity index (χ4v) is 1.42. The van der Waals surface area contributed by atoms with Crippen molar-refractivity contribution >= 4 is 5.78 Å². The van der Waals surface area contributed by atoms with Crippen molar-refractivity contribution in [3.8, 4) is 0 Å². The van der Waals surface area contributed by atoms with E-state index in [-0.39, 0.29) is 0 Å². The van der Waals surface area contributed by atoms with E-state index in [1.165, 1.54) is 19.3 Å². The lowest BCUT2D eigenvalue weighted by molar-refractivity contribution is -0.118. The van der Waals surface area contributed by atoms with Crippen molar-refractivity contribution in [2.24, 2.45) is 0 Å². The van der Waals surface area contributed by atoms with Crippen LogP contribution in [0, 0.1) is 0 Å². The van der Waals surface area contributed by atoms with E-state index in [4.69, 9.17) is 0 Å². The predicted molar refractivity (Wildman–Crippen MR) is 59.3 cm³/mol. The SMILES string of the molecule is C=CCCCCCC(=O)CNC1CC1. The maximum Gasteiger partial charge on any atom is 0.146 e. The summed E-state index contributed by atoms with van der Waals surface area (Å²) in [5, 5.41) is 3.24. The summed E-state index contributed by atoms with van der Waals surface area (Å²) in [4.78, 5) is 11.3. The Labute approximate surface area is 86.8 Å². The molecule has 0 bridgehead atoms. The zero-order valence-corrected chi connectivity index (χ0v) is 8.93. The first-order chi connectivity index (χ1) is 6.83. The quantitative estimate of drug-likeness (QED) is 0.452. The summed E-state index contributed by atoms with van der Waals surface area (Å²) in [6.45, 7) is 4.26. The van der Waals surface area contributed by atoms with Gasteiger partial charge in [0, 0.05) is 12.5 Å². The summed E-state index contributed by atoms with van der Waals surface area (Å²) in [5.41, 5.74) is 0. The molecule has 0 unspecified atom stereocenters. The topological polar surface area (TPSA) is 29.1 Å². The van der Waals surface area contributed by atoms with E-state index in [0.29, 0.717) is 18.4 Å². The molecular formula is C12H21NO. The lowest BCUT2D eigenvalue weighted by Crippen LogP contribution is -2.24. The Bertz CT molecular complexity index is 185. The van der Waals surface area contributed by atoms with Crippen LogP contribution in [0.15, 0.2) is 12.7 Å². The van der Waals surface area contributed by atoms with Crippen LogP contribution < -0.4 is 5.32 Å². The van der Waals surface area contributed by atoms with Gasteiger partial charge in [-0.2, -0.15) is 0 Å². The molecule has 0 saturated heterocycles. The molecule has 0 aliphatic heterocycles. The average molecular weight is 195 g/mol. The Hall–Kier alpha value is -0.630. The van der Waals surface area contributed by atoms with Crippen molar-refractivity contribution in [1.29, 1.82) is 0 Å². The van der Waals surface area contributed by atoms with Gasteiger partial charge in [-0.1, -0.05) is 12.5 Å². The van der Waals surface area contributed by atoms with E-state index in [2.05, 4.69) is 11.9 Å². The highest BCUT2D eigenvalue weighted by atomic mass is 16.1. The van der Waals surface area contributed by atoms with Gasteiger partial charge >= 0.3 is 0 Å². The molecule has 1 N–H and O–H groups in total. The number of nitrogens with one attached hydrogen (secondary N) is 1. The number of ketones is 1. The molecule has 0 spiro atoms. The van der Waals surface area contributed by atoms with Crippen LogP contribution in [0.5, 0.6) is 0 Å². The molecule has 1 fully saturated rings. The van der Waals surface area contributed by atoms with Crippen LogP contribution in [-0.4, -0.2) is 18.4 Å². The Morgan fingerprint density at radius 1 is 1.36 bits per heavy atom. The molecule has 1 aliphatic carbocycles. The Morgan fingerprint density at radius 2 is 2.14 bits per heavy atom. The van der Waals surface area contributed by atoms with Gasteiger partial charge in [0.1, 0.15) is 5.78 Å². The smallest absolute Gasteiger partial charge is 0.146 e. The number of hydrogen-bond donors (Lipinski definition) is 1. The largest absolute Gasteiger partial charge is 0.307 e. The third-order valence-electron chi connectivity index (χ3n) is 2.53. The van der Waals surface area contributed by atoms with Crippen LogP contribution in [0.4, 0.5) is 0 Å². The fraction of sp³-hybridized carbons (Fsp3) is 0.750. The van der Waals surface area contributed by atoms with Crippen molar-refractivity contribution in [1.82, 2.24) is 5.32 Å². The Kier molecular flexibility index (Phi) is 5.53. The van der Waals surface area contributed by atoms with Gasteiger partial charge in [-0.05, 0) is 32.1 Å². The molecular weight excluding hydrogens is 174 g/mol. The van der Waals surface area contributed by atoms with Gasteiger partial charge in [0.05, 0.1) is 6.54 Å². The summed E-state index contributed by atoms with van der Waals surface area (Å²) in [7, 11) is 0. The van der Waals surface area contributed by atoms with Crippen molar-refractivity contribution in [3.63, 3.8) is 0 Å². The molecule has 0 aromatic heterocycles. The summed E-state index contributed by atoms with van der Waals surface area (Å²) in [6, 6.07) is 0.653. The Morgan fingerprint density at radius 3 is 2.79 bits per heavy atom. The van der Waals surface area contributed by atoms with Gasteiger partial charge in [-0.25, -0.2) is 0 Å². The molecule has 1 aliphatic rings. The molecule has 1 rings (SSSR count). The lowest BCUT2D eigenvalue weighted by atomic mass is 10.1. The van der Waals surface area contributed by atoms with Crippen LogP contribution in [0.2, 0.25) is 0 Å². The summed E-state index contributed by atoms with van der Waals surface area (Å²) in [6.07, 6.45) is 9.65. The molecule has 2 heteroatoms. The second-order valence-corrected chi connectivity index (χ2v) is 4.08. The third kappa shape index (κ3) is 5.92. The number of unbranched alkanes of at least 4 members (excludes halogenated alkanes) is 3. The number of allylic oxidation sites excluding steroid dienone is 1. The van der Waals surface area contributed by atoms with Gasteiger partial charge in [-0.3, -0.25) is 4.79 Å². The van der Waals surface area contributed by atoms with Crippen molar-refractivity contribution < 1.29 is 4.79 Å². The molecule has 1 saturated carbocycles. The first kappa shape index (κ1) is 11.4. The van der Waals surface area contributed by atoms with Gasteiger partial charge in [0.15, 0.2) is 0 Å². The van der Waals surface area contributed by atoms with Gasteiger partial charge in [-0.15, -0.1) is 6.58 Å². The van der Waals surface area contributed by atoms with Crippen LogP contribution in [0.1, 0.15) is 44.9 Å². The van der Waals surface area contributed by atoms with Gasteiger partial charge < -0.3 is 5.32 Å². The number of carbonyl (C=O) groups excluding carboxylic acids is 1. The van der Waals surface area contributed by atoms with E-state index >= 15 is 0 Å². The number of hydrogen-bond acceptors (Lipinski definition) is 2. The lowest BCUT2D eigenvalue weighted by Gasteiger charge is -2.01. The first-order valence-electron chi connectivity index (χ1n) is 5.69. The second-order valence-electron chi connectivity index (χ2n) is 4.08. The van der Waals surface area contributed by atoms with Crippen molar-refractivity contribution in [2.45, 2.75) is 51.0 Å². The number of carbonyl (C=O) groups is 1. The third-order valence-corrected chi connectivity index (χ3v) is 2.53. The van der Waals surface area contributed by atoms with E-state index in [0.717, 1.165) is 25.7 Å². The van der Waals surface area contributed by atoms with Crippen molar-refractivity contribution in [2.75, 3.05) is 6.54 Å². The minimum atomic E-state index is 0.371. The molecule has 14 heavy (non-hydrogen) atoms. The molecule has 0 atom stereocenters. The normalized spacial score (nSPS) is 15.4.